The number of carbonyl (C=O) groups excluding carboxylic acids is 1. The summed E-state index contributed by atoms with van der Waals surface area (Å²) in [4.78, 5) is 15.8. The molecule has 0 spiro atoms. The minimum absolute atomic E-state index is 0.0677. The van der Waals surface area contributed by atoms with Gasteiger partial charge in [0.2, 0.25) is 15.9 Å². The molecular formula is C17H21N3O3S. The second-order valence-electron chi connectivity index (χ2n) is 5.45. The Kier molecular flexibility index (Phi) is 6.45. The molecule has 0 fully saturated rings. The number of hydrogen-bond donors (Lipinski definition) is 1. The second-order valence-corrected chi connectivity index (χ2v) is 7.64. The van der Waals surface area contributed by atoms with Crippen molar-refractivity contribution in [2.45, 2.75) is 19.5 Å². The number of pyridine rings is 1. The Morgan fingerprint density at radius 2 is 1.83 bits per heavy atom. The van der Waals surface area contributed by atoms with E-state index in [2.05, 4.69) is 10.3 Å². The van der Waals surface area contributed by atoms with Crippen LogP contribution in [0.25, 0.3) is 0 Å². The number of benzene rings is 1. The maximum Gasteiger partial charge on any atom is 0.221 e. The molecule has 1 amide bonds. The lowest BCUT2D eigenvalue weighted by molar-refractivity contribution is -0.120. The number of nitrogens with one attached hydrogen (secondary N) is 1. The van der Waals surface area contributed by atoms with Gasteiger partial charge in [-0.1, -0.05) is 36.4 Å². The fraction of sp³-hybridized carbons (Fsp3) is 0.294. The number of sulfonamides is 1. The van der Waals surface area contributed by atoms with Gasteiger partial charge in [-0.25, -0.2) is 12.7 Å². The number of aromatic nitrogens is 1. The van der Waals surface area contributed by atoms with E-state index in [-0.39, 0.29) is 18.1 Å². The van der Waals surface area contributed by atoms with E-state index in [9.17, 15) is 13.2 Å². The van der Waals surface area contributed by atoms with Crippen molar-refractivity contribution in [3.63, 3.8) is 0 Å². The van der Waals surface area contributed by atoms with E-state index in [0.717, 1.165) is 11.1 Å². The van der Waals surface area contributed by atoms with Crippen LogP contribution in [-0.2, 0) is 27.9 Å². The molecule has 2 rings (SSSR count). The van der Waals surface area contributed by atoms with Crippen molar-refractivity contribution in [2.24, 2.45) is 0 Å². The minimum atomic E-state index is -3.48. The van der Waals surface area contributed by atoms with Crippen LogP contribution in [0, 0.1) is 0 Å². The predicted octanol–water partition coefficient (Wildman–Crippen LogP) is 1.55. The number of rotatable bonds is 8. The monoisotopic (exact) mass is 347 g/mol. The first-order chi connectivity index (χ1) is 11.5. The molecule has 1 heterocycles. The maximum absolute atomic E-state index is 12.2. The number of nitrogens with zero attached hydrogens (tertiary/aromatic N) is 2. The Bertz CT molecular complexity index is 749. The summed E-state index contributed by atoms with van der Waals surface area (Å²) in [5, 5.41) is 2.70. The van der Waals surface area contributed by atoms with Crippen molar-refractivity contribution in [3.8, 4) is 0 Å². The molecule has 7 heteroatoms. The van der Waals surface area contributed by atoms with Crippen molar-refractivity contribution in [3.05, 3.63) is 66.0 Å². The van der Waals surface area contributed by atoms with Crippen LogP contribution in [0.3, 0.4) is 0 Å². The van der Waals surface area contributed by atoms with Crippen LogP contribution in [0.1, 0.15) is 17.5 Å². The highest BCUT2D eigenvalue weighted by Crippen LogP contribution is 2.08. The summed E-state index contributed by atoms with van der Waals surface area (Å²) in [6.45, 7) is 0.632. The molecule has 1 N–H and O–H groups in total. The topological polar surface area (TPSA) is 79.4 Å². The largest absolute Gasteiger partial charge is 0.352 e. The first-order valence-corrected chi connectivity index (χ1v) is 9.22. The van der Waals surface area contributed by atoms with Crippen molar-refractivity contribution in [1.29, 1.82) is 0 Å². The van der Waals surface area contributed by atoms with E-state index in [4.69, 9.17) is 0 Å². The van der Waals surface area contributed by atoms with Gasteiger partial charge in [-0.2, -0.15) is 0 Å². The fourth-order valence-corrected chi connectivity index (χ4v) is 3.21. The van der Waals surface area contributed by atoms with Gasteiger partial charge in [0, 0.05) is 39.0 Å². The van der Waals surface area contributed by atoms with E-state index in [1.807, 2.05) is 36.4 Å². The van der Waals surface area contributed by atoms with Gasteiger partial charge in [0.05, 0.1) is 5.75 Å². The van der Waals surface area contributed by atoms with E-state index in [1.54, 1.807) is 18.5 Å². The van der Waals surface area contributed by atoms with Gasteiger partial charge in [-0.15, -0.1) is 0 Å². The summed E-state index contributed by atoms with van der Waals surface area (Å²) in [7, 11) is -1.95. The van der Waals surface area contributed by atoms with Crippen molar-refractivity contribution >= 4 is 15.9 Å². The Labute approximate surface area is 142 Å². The van der Waals surface area contributed by atoms with Crippen molar-refractivity contribution in [2.75, 3.05) is 12.8 Å². The van der Waals surface area contributed by atoms with Crippen LogP contribution in [0.4, 0.5) is 0 Å². The summed E-state index contributed by atoms with van der Waals surface area (Å²) >= 11 is 0. The highest BCUT2D eigenvalue weighted by atomic mass is 32.2. The lowest BCUT2D eigenvalue weighted by Gasteiger charge is -2.17. The molecular weight excluding hydrogens is 326 g/mol. The molecule has 0 aliphatic carbocycles. The summed E-state index contributed by atoms with van der Waals surface area (Å²) in [5.41, 5.74) is 1.78. The van der Waals surface area contributed by atoms with Gasteiger partial charge in [0.1, 0.15) is 0 Å². The highest BCUT2D eigenvalue weighted by molar-refractivity contribution is 7.89. The number of amides is 1. The Morgan fingerprint density at radius 3 is 2.50 bits per heavy atom. The number of hydrogen-bond acceptors (Lipinski definition) is 4. The lowest BCUT2D eigenvalue weighted by Crippen LogP contribution is -2.32. The van der Waals surface area contributed by atoms with Crippen LogP contribution in [-0.4, -0.2) is 36.4 Å². The third-order valence-electron chi connectivity index (χ3n) is 3.52. The zero-order valence-electron chi connectivity index (χ0n) is 13.6. The van der Waals surface area contributed by atoms with Crippen LogP contribution in [0.5, 0.6) is 0 Å². The van der Waals surface area contributed by atoms with Crippen molar-refractivity contribution in [1.82, 2.24) is 14.6 Å². The molecule has 0 saturated heterocycles. The van der Waals surface area contributed by atoms with Crippen LogP contribution >= 0.6 is 0 Å². The Morgan fingerprint density at radius 1 is 1.12 bits per heavy atom. The third kappa shape index (κ3) is 5.75. The SMILES string of the molecule is CN(Cc1ccccc1)S(=O)(=O)CCC(=O)NCc1cccnc1. The average molecular weight is 347 g/mol. The summed E-state index contributed by atoms with van der Waals surface area (Å²) < 4.78 is 25.8. The molecule has 0 aliphatic heterocycles. The molecule has 0 bridgehead atoms. The quantitative estimate of drug-likeness (QED) is 0.786. The maximum atomic E-state index is 12.2. The molecule has 24 heavy (non-hydrogen) atoms. The van der Waals surface area contributed by atoms with Gasteiger partial charge in [-0.05, 0) is 17.2 Å². The molecule has 1 aromatic carbocycles. The van der Waals surface area contributed by atoms with E-state index in [1.165, 1.54) is 11.4 Å². The summed E-state index contributed by atoms with van der Waals surface area (Å²) in [6.07, 6.45) is 3.24. The molecule has 1 aromatic heterocycles. The highest BCUT2D eigenvalue weighted by Gasteiger charge is 2.19. The molecule has 0 saturated carbocycles. The minimum Gasteiger partial charge on any atom is -0.352 e. The fourth-order valence-electron chi connectivity index (χ4n) is 2.11. The van der Waals surface area contributed by atoms with Gasteiger partial charge >= 0.3 is 0 Å². The smallest absolute Gasteiger partial charge is 0.221 e. The van der Waals surface area contributed by atoms with Gasteiger partial charge in [-0.3, -0.25) is 9.78 Å². The predicted molar refractivity (Wildman–Crippen MR) is 92.4 cm³/mol. The van der Waals surface area contributed by atoms with Gasteiger partial charge < -0.3 is 5.32 Å². The molecule has 128 valence electrons. The Hall–Kier alpha value is -2.25. The van der Waals surface area contributed by atoms with Gasteiger partial charge in [0.15, 0.2) is 0 Å². The first kappa shape index (κ1) is 18.1. The molecule has 0 atom stereocenters. The standard InChI is InChI=1S/C17H21N3O3S/c1-20(14-15-6-3-2-4-7-15)24(22,23)11-9-17(21)19-13-16-8-5-10-18-12-16/h2-8,10,12H,9,11,13-14H2,1H3,(H,19,21). The number of carbonyl (C=O) groups is 1. The molecule has 0 radical (unpaired) electrons. The van der Waals surface area contributed by atoms with Crippen LogP contribution < -0.4 is 5.32 Å². The molecule has 2 aromatic rings. The average Bonchev–Trinajstić information content (AvgIpc) is 2.60. The lowest BCUT2D eigenvalue weighted by atomic mass is 10.2. The zero-order chi connectivity index (χ0) is 17.4. The van der Waals surface area contributed by atoms with E-state index >= 15 is 0 Å². The van der Waals surface area contributed by atoms with Crippen LogP contribution in [0.15, 0.2) is 54.9 Å². The first-order valence-electron chi connectivity index (χ1n) is 7.61. The zero-order valence-corrected chi connectivity index (χ0v) is 14.4. The van der Waals surface area contributed by atoms with Crippen LogP contribution in [0.2, 0.25) is 0 Å². The summed E-state index contributed by atoms with van der Waals surface area (Å²) in [5.74, 6) is -0.509. The third-order valence-corrected chi connectivity index (χ3v) is 5.32. The molecule has 6 nitrogen and oxygen atoms in total. The normalized spacial score (nSPS) is 11.4. The molecule has 0 unspecified atom stereocenters. The second kappa shape index (κ2) is 8.56. The van der Waals surface area contributed by atoms with E-state index < -0.39 is 10.0 Å². The summed E-state index contributed by atoms with van der Waals surface area (Å²) in [6, 6.07) is 13.0. The van der Waals surface area contributed by atoms with Crippen molar-refractivity contribution < 1.29 is 13.2 Å². The van der Waals surface area contributed by atoms with E-state index in [0.29, 0.717) is 13.1 Å². The van der Waals surface area contributed by atoms with Gasteiger partial charge in [0.25, 0.3) is 0 Å². The Balaban J connectivity index is 1.80. The molecule has 0 aliphatic rings.